The van der Waals surface area contributed by atoms with Gasteiger partial charge in [0.2, 0.25) is 0 Å². The molecule has 0 aliphatic carbocycles. The Balaban J connectivity index is 2.42. The van der Waals surface area contributed by atoms with Crippen molar-refractivity contribution in [3.8, 4) is 5.82 Å². The zero-order valence-corrected chi connectivity index (χ0v) is 12.5. The standard InChI is InChI=1S/C14H17N3O2S/c1-14(2,3)10-8-12(20-9-13(18)19)17(16-10)11-6-4-5-7-15-11/h4-8H,9H2,1-3H3,(H,18,19). The highest BCUT2D eigenvalue weighted by Gasteiger charge is 2.21. The molecule has 0 amide bonds. The molecule has 0 aromatic carbocycles. The summed E-state index contributed by atoms with van der Waals surface area (Å²) in [6, 6.07) is 7.50. The quantitative estimate of drug-likeness (QED) is 0.877. The molecular weight excluding hydrogens is 274 g/mol. The van der Waals surface area contributed by atoms with Crippen LogP contribution >= 0.6 is 11.8 Å². The summed E-state index contributed by atoms with van der Waals surface area (Å²) < 4.78 is 1.70. The first kappa shape index (κ1) is 14.6. The molecule has 0 radical (unpaired) electrons. The largest absolute Gasteiger partial charge is 0.481 e. The van der Waals surface area contributed by atoms with Gasteiger partial charge in [0.05, 0.1) is 11.4 Å². The van der Waals surface area contributed by atoms with E-state index in [-0.39, 0.29) is 11.2 Å². The Kier molecular flexibility index (Phi) is 4.13. The number of aromatic nitrogens is 3. The van der Waals surface area contributed by atoms with Crippen molar-refractivity contribution in [1.29, 1.82) is 0 Å². The maximum absolute atomic E-state index is 10.8. The van der Waals surface area contributed by atoms with Crippen LogP contribution in [0.25, 0.3) is 5.82 Å². The molecule has 0 spiro atoms. The Bertz CT molecular complexity index is 603. The van der Waals surface area contributed by atoms with Gasteiger partial charge >= 0.3 is 5.97 Å². The van der Waals surface area contributed by atoms with E-state index in [1.165, 1.54) is 11.8 Å². The third-order valence-electron chi connectivity index (χ3n) is 2.65. The van der Waals surface area contributed by atoms with Crippen molar-refractivity contribution in [3.63, 3.8) is 0 Å². The fourth-order valence-electron chi connectivity index (χ4n) is 1.61. The normalized spacial score (nSPS) is 11.6. The van der Waals surface area contributed by atoms with Gasteiger partial charge in [-0.3, -0.25) is 4.79 Å². The molecule has 1 N–H and O–H groups in total. The van der Waals surface area contributed by atoms with Gasteiger partial charge in [-0.2, -0.15) is 5.10 Å². The Morgan fingerprint density at radius 3 is 2.70 bits per heavy atom. The van der Waals surface area contributed by atoms with Gasteiger partial charge in [0, 0.05) is 11.6 Å². The minimum atomic E-state index is -0.846. The highest BCUT2D eigenvalue weighted by atomic mass is 32.2. The lowest BCUT2D eigenvalue weighted by Gasteiger charge is -2.14. The van der Waals surface area contributed by atoms with E-state index >= 15 is 0 Å². The summed E-state index contributed by atoms with van der Waals surface area (Å²) in [5.74, 6) is -0.153. The molecule has 0 unspecified atom stereocenters. The average Bonchev–Trinajstić information content (AvgIpc) is 2.81. The van der Waals surface area contributed by atoms with Crippen LogP contribution in [0.5, 0.6) is 0 Å². The number of rotatable bonds is 4. The van der Waals surface area contributed by atoms with Crippen molar-refractivity contribution in [1.82, 2.24) is 14.8 Å². The number of nitrogens with zero attached hydrogens (tertiary/aromatic N) is 3. The number of carbonyl (C=O) groups is 1. The highest BCUT2D eigenvalue weighted by molar-refractivity contribution is 7.99. The van der Waals surface area contributed by atoms with Crippen LogP contribution in [0, 0.1) is 0 Å². The van der Waals surface area contributed by atoms with Gasteiger partial charge in [-0.1, -0.05) is 38.6 Å². The molecule has 2 rings (SSSR count). The molecule has 0 bridgehead atoms. The van der Waals surface area contributed by atoms with E-state index < -0.39 is 5.97 Å². The van der Waals surface area contributed by atoms with E-state index in [0.29, 0.717) is 5.82 Å². The predicted octanol–water partition coefficient (Wildman–Crippen LogP) is 2.74. The van der Waals surface area contributed by atoms with Crippen LogP contribution < -0.4 is 0 Å². The van der Waals surface area contributed by atoms with Crippen LogP contribution in [0.15, 0.2) is 35.5 Å². The molecule has 0 saturated heterocycles. The predicted molar refractivity (Wildman–Crippen MR) is 78.4 cm³/mol. The van der Waals surface area contributed by atoms with Gasteiger partial charge < -0.3 is 5.11 Å². The van der Waals surface area contributed by atoms with Crippen LogP contribution in [0.1, 0.15) is 26.5 Å². The molecule has 6 heteroatoms. The minimum absolute atomic E-state index is 0.00209. The third kappa shape index (κ3) is 3.39. The molecule has 5 nitrogen and oxygen atoms in total. The average molecular weight is 291 g/mol. The highest BCUT2D eigenvalue weighted by Crippen LogP contribution is 2.28. The van der Waals surface area contributed by atoms with E-state index in [9.17, 15) is 4.79 Å². The summed E-state index contributed by atoms with van der Waals surface area (Å²) in [6.07, 6.45) is 1.69. The number of thioether (sulfide) groups is 1. The zero-order valence-electron chi connectivity index (χ0n) is 11.7. The Hall–Kier alpha value is -1.82. The fourth-order valence-corrected chi connectivity index (χ4v) is 2.34. The second-order valence-electron chi connectivity index (χ2n) is 5.40. The van der Waals surface area contributed by atoms with E-state index in [2.05, 4.69) is 30.9 Å². The molecule has 0 saturated carbocycles. The van der Waals surface area contributed by atoms with Gasteiger partial charge in [0.15, 0.2) is 5.82 Å². The first-order chi connectivity index (χ1) is 9.38. The maximum Gasteiger partial charge on any atom is 0.313 e. The second-order valence-corrected chi connectivity index (χ2v) is 6.40. The molecule has 20 heavy (non-hydrogen) atoms. The number of hydrogen-bond acceptors (Lipinski definition) is 4. The van der Waals surface area contributed by atoms with Crippen molar-refractivity contribution in [3.05, 3.63) is 36.2 Å². The van der Waals surface area contributed by atoms with Crippen LogP contribution in [0.4, 0.5) is 0 Å². The van der Waals surface area contributed by atoms with Gasteiger partial charge in [0.1, 0.15) is 5.03 Å². The van der Waals surface area contributed by atoms with Crippen LogP contribution in [0.3, 0.4) is 0 Å². The molecule has 0 fully saturated rings. The summed E-state index contributed by atoms with van der Waals surface area (Å²) in [5, 5.41) is 14.2. The molecular formula is C14H17N3O2S. The Labute approximate surface area is 122 Å². The Morgan fingerprint density at radius 2 is 2.15 bits per heavy atom. The first-order valence-electron chi connectivity index (χ1n) is 6.24. The molecule has 2 heterocycles. The van der Waals surface area contributed by atoms with Gasteiger partial charge in [-0.25, -0.2) is 9.67 Å². The fraction of sp³-hybridized carbons (Fsp3) is 0.357. The van der Waals surface area contributed by atoms with Gasteiger partial charge in [0.25, 0.3) is 0 Å². The molecule has 0 aliphatic heterocycles. The van der Waals surface area contributed by atoms with Crippen molar-refractivity contribution >= 4 is 17.7 Å². The zero-order chi connectivity index (χ0) is 14.8. The van der Waals surface area contributed by atoms with E-state index in [4.69, 9.17) is 5.11 Å². The number of hydrogen-bond donors (Lipinski definition) is 1. The van der Waals surface area contributed by atoms with E-state index in [1.54, 1.807) is 10.9 Å². The van der Waals surface area contributed by atoms with Crippen molar-refractivity contribution in [2.75, 3.05) is 5.75 Å². The Morgan fingerprint density at radius 1 is 1.40 bits per heavy atom. The van der Waals surface area contributed by atoms with Crippen LogP contribution in [-0.4, -0.2) is 31.6 Å². The molecule has 2 aromatic heterocycles. The van der Waals surface area contributed by atoms with Gasteiger partial charge in [-0.15, -0.1) is 0 Å². The molecule has 0 aliphatic rings. The molecule has 106 valence electrons. The lowest BCUT2D eigenvalue weighted by atomic mass is 9.93. The molecule has 2 aromatic rings. The monoisotopic (exact) mass is 291 g/mol. The van der Waals surface area contributed by atoms with Crippen molar-refractivity contribution in [2.45, 2.75) is 31.2 Å². The SMILES string of the molecule is CC(C)(C)c1cc(SCC(=O)O)n(-c2ccccn2)n1. The minimum Gasteiger partial charge on any atom is -0.481 e. The summed E-state index contributed by atoms with van der Waals surface area (Å²) in [4.78, 5) is 15.0. The summed E-state index contributed by atoms with van der Waals surface area (Å²) >= 11 is 1.25. The van der Waals surface area contributed by atoms with Crippen molar-refractivity contribution < 1.29 is 9.90 Å². The number of carboxylic acid groups (broad SMARTS) is 1. The first-order valence-corrected chi connectivity index (χ1v) is 7.23. The summed E-state index contributed by atoms with van der Waals surface area (Å²) in [6.45, 7) is 6.22. The summed E-state index contributed by atoms with van der Waals surface area (Å²) in [7, 11) is 0. The maximum atomic E-state index is 10.8. The number of aliphatic carboxylic acids is 1. The smallest absolute Gasteiger partial charge is 0.313 e. The van der Waals surface area contributed by atoms with E-state index in [0.717, 1.165) is 10.7 Å². The summed E-state index contributed by atoms with van der Waals surface area (Å²) in [5.41, 5.74) is 0.814. The van der Waals surface area contributed by atoms with Crippen LogP contribution in [-0.2, 0) is 10.2 Å². The van der Waals surface area contributed by atoms with Crippen LogP contribution in [0.2, 0.25) is 0 Å². The third-order valence-corrected chi connectivity index (χ3v) is 3.63. The van der Waals surface area contributed by atoms with E-state index in [1.807, 2.05) is 24.3 Å². The topological polar surface area (TPSA) is 68.0 Å². The lowest BCUT2D eigenvalue weighted by Crippen LogP contribution is -2.12. The molecule has 0 atom stereocenters. The second kappa shape index (κ2) is 5.66. The number of pyridine rings is 1. The number of carboxylic acids is 1. The lowest BCUT2D eigenvalue weighted by molar-refractivity contribution is -0.133. The van der Waals surface area contributed by atoms with Crippen molar-refractivity contribution in [2.24, 2.45) is 0 Å². The van der Waals surface area contributed by atoms with Gasteiger partial charge in [-0.05, 0) is 18.2 Å².